The van der Waals surface area contributed by atoms with Crippen molar-refractivity contribution in [1.29, 1.82) is 5.26 Å². The van der Waals surface area contributed by atoms with E-state index in [2.05, 4.69) is 4.90 Å². The molecule has 0 bridgehead atoms. The number of rotatable bonds is 3. The summed E-state index contributed by atoms with van der Waals surface area (Å²) in [6.45, 7) is 3.03. The van der Waals surface area contributed by atoms with Crippen molar-refractivity contribution < 1.29 is 9.53 Å². The van der Waals surface area contributed by atoms with Crippen molar-refractivity contribution in [3.63, 3.8) is 0 Å². The van der Waals surface area contributed by atoms with E-state index >= 15 is 0 Å². The van der Waals surface area contributed by atoms with Crippen LogP contribution in [0.3, 0.4) is 0 Å². The number of nitriles is 1. The van der Waals surface area contributed by atoms with Crippen molar-refractivity contribution in [2.75, 3.05) is 20.2 Å². The number of hydrogen-bond acceptors (Lipinski definition) is 4. The van der Waals surface area contributed by atoms with Gasteiger partial charge in [-0.2, -0.15) is 5.26 Å². The van der Waals surface area contributed by atoms with Gasteiger partial charge in [-0.05, 0) is 31.9 Å². The minimum absolute atomic E-state index is 0.0506. The second kappa shape index (κ2) is 5.96. The minimum Gasteiger partial charge on any atom is -0.462 e. The Morgan fingerprint density at radius 1 is 1.69 bits per heavy atom. The third kappa shape index (κ3) is 3.13. The SMILES string of the molecule is CCOC(=O)/C(C#N)=C\C=C1/CCCN1C. The van der Waals surface area contributed by atoms with E-state index in [9.17, 15) is 4.79 Å². The molecule has 0 amide bonds. The maximum Gasteiger partial charge on any atom is 0.348 e. The predicted octanol–water partition coefficient (Wildman–Crippen LogP) is 1.61. The molecule has 0 unspecified atom stereocenters. The smallest absolute Gasteiger partial charge is 0.348 e. The zero-order valence-electron chi connectivity index (χ0n) is 9.69. The van der Waals surface area contributed by atoms with Crippen LogP contribution in [0, 0.1) is 11.3 Å². The lowest BCUT2D eigenvalue weighted by Gasteiger charge is -2.11. The number of allylic oxidation sites excluding steroid dienone is 3. The molecule has 4 heteroatoms. The van der Waals surface area contributed by atoms with Crippen molar-refractivity contribution in [3.05, 3.63) is 23.4 Å². The van der Waals surface area contributed by atoms with Crippen LogP contribution in [0.4, 0.5) is 0 Å². The number of hydrogen-bond donors (Lipinski definition) is 0. The number of carbonyl (C=O) groups is 1. The first-order valence-electron chi connectivity index (χ1n) is 5.38. The van der Waals surface area contributed by atoms with Crippen LogP contribution in [0.2, 0.25) is 0 Å². The second-order valence-electron chi connectivity index (χ2n) is 3.60. The monoisotopic (exact) mass is 220 g/mol. The number of nitrogens with zero attached hydrogens (tertiary/aromatic N) is 2. The Morgan fingerprint density at radius 2 is 2.44 bits per heavy atom. The molecule has 1 aliphatic heterocycles. The summed E-state index contributed by atoms with van der Waals surface area (Å²) in [4.78, 5) is 13.4. The van der Waals surface area contributed by atoms with Crippen molar-refractivity contribution in [2.24, 2.45) is 0 Å². The van der Waals surface area contributed by atoms with Gasteiger partial charge in [-0.3, -0.25) is 0 Å². The molecule has 0 aliphatic carbocycles. The Bertz CT molecular complexity index is 364. The quantitative estimate of drug-likeness (QED) is 0.412. The Morgan fingerprint density at radius 3 is 2.94 bits per heavy atom. The summed E-state index contributed by atoms with van der Waals surface area (Å²) < 4.78 is 4.76. The maximum atomic E-state index is 11.3. The number of likely N-dealkylation sites (tertiary alicyclic amines) is 1. The van der Waals surface area contributed by atoms with E-state index in [1.54, 1.807) is 6.92 Å². The Balaban J connectivity index is 2.74. The largest absolute Gasteiger partial charge is 0.462 e. The van der Waals surface area contributed by atoms with Gasteiger partial charge in [0, 0.05) is 19.3 Å². The minimum atomic E-state index is -0.553. The lowest BCUT2D eigenvalue weighted by atomic mass is 10.2. The van der Waals surface area contributed by atoms with Crippen LogP contribution in [0.25, 0.3) is 0 Å². The highest BCUT2D eigenvalue weighted by Crippen LogP contribution is 2.18. The first-order chi connectivity index (χ1) is 7.69. The molecular weight excluding hydrogens is 204 g/mol. The van der Waals surface area contributed by atoms with E-state index < -0.39 is 5.97 Å². The molecule has 86 valence electrons. The maximum absolute atomic E-state index is 11.3. The molecule has 1 aliphatic rings. The standard InChI is InChI=1S/C12H16N2O2/c1-3-16-12(15)10(9-13)6-7-11-5-4-8-14(11)2/h6-7H,3-5,8H2,1-2H3/b10-6-,11-7+. The van der Waals surface area contributed by atoms with Gasteiger partial charge in [0.25, 0.3) is 0 Å². The summed E-state index contributed by atoms with van der Waals surface area (Å²) in [5.41, 5.74) is 1.20. The van der Waals surface area contributed by atoms with E-state index in [-0.39, 0.29) is 12.2 Å². The van der Waals surface area contributed by atoms with Gasteiger partial charge in [-0.25, -0.2) is 4.79 Å². The van der Waals surface area contributed by atoms with E-state index in [0.29, 0.717) is 0 Å². The summed E-state index contributed by atoms with van der Waals surface area (Å²) >= 11 is 0. The van der Waals surface area contributed by atoms with Gasteiger partial charge in [0.05, 0.1) is 6.61 Å². The van der Waals surface area contributed by atoms with Crippen molar-refractivity contribution in [3.8, 4) is 6.07 Å². The molecular formula is C12H16N2O2. The molecule has 1 heterocycles. The molecule has 1 saturated heterocycles. The fourth-order valence-corrected chi connectivity index (χ4v) is 1.58. The summed E-state index contributed by atoms with van der Waals surface area (Å²) in [6.07, 6.45) is 5.48. The molecule has 0 aromatic heterocycles. The fraction of sp³-hybridized carbons (Fsp3) is 0.500. The van der Waals surface area contributed by atoms with Crippen LogP contribution in [0.5, 0.6) is 0 Å². The highest BCUT2D eigenvalue weighted by atomic mass is 16.5. The van der Waals surface area contributed by atoms with Crippen LogP contribution < -0.4 is 0 Å². The second-order valence-corrected chi connectivity index (χ2v) is 3.60. The summed E-state index contributed by atoms with van der Waals surface area (Å²) in [5.74, 6) is -0.553. The molecule has 0 saturated carbocycles. The zero-order chi connectivity index (χ0) is 12.0. The fourth-order valence-electron chi connectivity index (χ4n) is 1.58. The highest BCUT2D eigenvalue weighted by molar-refractivity contribution is 5.93. The Hall–Kier alpha value is -1.76. The van der Waals surface area contributed by atoms with Gasteiger partial charge in [0.15, 0.2) is 0 Å². The first-order valence-corrected chi connectivity index (χ1v) is 5.38. The predicted molar refractivity (Wildman–Crippen MR) is 60.3 cm³/mol. The van der Waals surface area contributed by atoms with E-state index in [1.807, 2.05) is 19.2 Å². The van der Waals surface area contributed by atoms with Gasteiger partial charge in [0.2, 0.25) is 0 Å². The molecule has 0 N–H and O–H groups in total. The van der Waals surface area contributed by atoms with Crippen molar-refractivity contribution in [2.45, 2.75) is 19.8 Å². The number of carbonyl (C=O) groups excluding carboxylic acids is 1. The summed E-state index contributed by atoms with van der Waals surface area (Å²) in [5, 5.41) is 8.80. The van der Waals surface area contributed by atoms with Gasteiger partial charge in [-0.15, -0.1) is 0 Å². The van der Waals surface area contributed by atoms with Crippen molar-refractivity contribution >= 4 is 5.97 Å². The third-order valence-corrected chi connectivity index (χ3v) is 2.47. The van der Waals surface area contributed by atoms with Gasteiger partial charge in [0.1, 0.15) is 11.6 Å². The van der Waals surface area contributed by atoms with Crippen LogP contribution in [-0.2, 0) is 9.53 Å². The highest BCUT2D eigenvalue weighted by Gasteiger charge is 2.12. The third-order valence-electron chi connectivity index (χ3n) is 2.47. The lowest BCUT2D eigenvalue weighted by molar-refractivity contribution is -0.138. The van der Waals surface area contributed by atoms with Crippen LogP contribution in [-0.4, -0.2) is 31.1 Å². The molecule has 1 fully saturated rings. The molecule has 0 spiro atoms. The number of esters is 1. The van der Waals surface area contributed by atoms with Gasteiger partial charge in [-0.1, -0.05) is 0 Å². The van der Waals surface area contributed by atoms with Crippen LogP contribution in [0.15, 0.2) is 23.4 Å². The molecule has 16 heavy (non-hydrogen) atoms. The van der Waals surface area contributed by atoms with E-state index in [0.717, 1.165) is 25.1 Å². The van der Waals surface area contributed by atoms with E-state index in [1.165, 1.54) is 6.08 Å². The lowest BCUT2D eigenvalue weighted by Crippen LogP contribution is -2.10. The average Bonchev–Trinajstić information content (AvgIpc) is 2.66. The first kappa shape index (κ1) is 12.3. The van der Waals surface area contributed by atoms with Crippen LogP contribution >= 0.6 is 0 Å². The Labute approximate surface area is 95.8 Å². The van der Waals surface area contributed by atoms with Crippen LogP contribution in [0.1, 0.15) is 19.8 Å². The average molecular weight is 220 g/mol. The summed E-state index contributed by atoms with van der Waals surface area (Å²) in [6, 6.07) is 1.85. The molecule has 1 rings (SSSR count). The normalized spacial score (nSPS) is 18.7. The molecule has 4 nitrogen and oxygen atoms in total. The molecule has 0 aromatic rings. The van der Waals surface area contributed by atoms with Crippen molar-refractivity contribution in [1.82, 2.24) is 4.90 Å². The zero-order valence-corrected chi connectivity index (χ0v) is 9.69. The molecule has 0 aromatic carbocycles. The van der Waals surface area contributed by atoms with Gasteiger partial charge < -0.3 is 9.64 Å². The number of ether oxygens (including phenoxy) is 1. The Kier molecular flexibility index (Phi) is 4.59. The summed E-state index contributed by atoms with van der Waals surface area (Å²) in [7, 11) is 2.00. The topological polar surface area (TPSA) is 53.3 Å². The molecule has 0 atom stereocenters. The van der Waals surface area contributed by atoms with Gasteiger partial charge >= 0.3 is 5.97 Å². The molecule has 0 radical (unpaired) electrons. The van der Waals surface area contributed by atoms with E-state index in [4.69, 9.17) is 10.00 Å².